The number of fused-ring (bicyclic) bond motifs is 8. The number of phosphoric ester groups is 1. The summed E-state index contributed by atoms with van der Waals surface area (Å²) < 4.78 is 31.7. The number of aryl methyl sites for hydroxylation is 1. The highest BCUT2D eigenvalue weighted by atomic mass is 31.2. The Morgan fingerprint density at radius 3 is 1.94 bits per heavy atom. The fourth-order valence-electron chi connectivity index (χ4n) is 8.74. The highest BCUT2D eigenvalue weighted by Crippen LogP contribution is 2.61. The van der Waals surface area contributed by atoms with Crippen LogP contribution in [-0.4, -0.2) is 42.9 Å². The van der Waals surface area contributed by atoms with Crippen molar-refractivity contribution in [3.05, 3.63) is 161 Å². The summed E-state index contributed by atoms with van der Waals surface area (Å²) in [5.41, 5.74) is 5.95. The molecule has 0 saturated carbocycles. The van der Waals surface area contributed by atoms with Gasteiger partial charge < -0.3 is 29.0 Å². The first-order chi connectivity index (χ1) is 31.6. The van der Waals surface area contributed by atoms with Crippen molar-refractivity contribution in [1.29, 1.82) is 0 Å². The molecule has 1 unspecified atom stereocenters. The zero-order valence-corrected chi connectivity index (χ0v) is 37.0. The molecule has 1 aliphatic rings. The summed E-state index contributed by atoms with van der Waals surface area (Å²) in [5, 5.41) is 9.78. The van der Waals surface area contributed by atoms with E-state index in [-0.39, 0.29) is 36.1 Å². The summed E-state index contributed by atoms with van der Waals surface area (Å²) >= 11 is 0. The predicted octanol–water partition coefficient (Wildman–Crippen LogP) is 11.1. The first-order valence-electron chi connectivity index (χ1n) is 22.0. The van der Waals surface area contributed by atoms with Crippen LogP contribution in [0.4, 0.5) is 5.69 Å². The molecule has 2 amide bonds. The van der Waals surface area contributed by atoms with Crippen molar-refractivity contribution in [3.8, 4) is 44.9 Å². The van der Waals surface area contributed by atoms with Crippen molar-refractivity contribution in [1.82, 2.24) is 10.6 Å². The van der Waals surface area contributed by atoms with Crippen LogP contribution >= 0.6 is 7.82 Å². The molecule has 0 aliphatic carbocycles. The molecule has 0 fully saturated rings. The van der Waals surface area contributed by atoms with E-state index in [9.17, 15) is 23.8 Å². The van der Waals surface area contributed by atoms with Gasteiger partial charge in [0, 0.05) is 72.0 Å². The minimum Gasteiger partial charge on any atom is -0.422 e. The molecule has 12 heteroatoms. The summed E-state index contributed by atoms with van der Waals surface area (Å²) in [6.07, 6.45) is 2.41. The van der Waals surface area contributed by atoms with Crippen molar-refractivity contribution in [2.45, 2.75) is 39.5 Å². The van der Waals surface area contributed by atoms with Crippen LogP contribution < -0.4 is 30.2 Å². The maximum atomic E-state index is 14.0. The molecule has 2 heterocycles. The lowest BCUT2D eigenvalue weighted by molar-refractivity contribution is -0.121. The zero-order valence-electron chi connectivity index (χ0n) is 36.1. The van der Waals surface area contributed by atoms with E-state index in [1.807, 2.05) is 121 Å². The van der Waals surface area contributed by atoms with E-state index in [1.54, 1.807) is 0 Å². The molecule has 1 aliphatic heterocycles. The van der Waals surface area contributed by atoms with Crippen LogP contribution in [0.15, 0.2) is 149 Å². The van der Waals surface area contributed by atoms with Crippen molar-refractivity contribution >= 4 is 57.8 Å². The lowest BCUT2D eigenvalue weighted by atomic mass is 9.86. The van der Waals surface area contributed by atoms with Gasteiger partial charge in [0.05, 0.1) is 0 Å². The highest BCUT2D eigenvalue weighted by molar-refractivity contribution is 7.48. The lowest BCUT2D eigenvalue weighted by Crippen LogP contribution is -2.36. The average molecular weight is 886 g/mol. The first-order valence-corrected chi connectivity index (χ1v) is 23.5. The van der Waals surface area contributed by atoms with Crippen LogP contribution in [0.1, 0.15) is 49.0 Å². The van der Waals surface area contributed by atoms with E-state index in [0.717, 1.165) is 63.4 Å². The highest BCUT2D eigenvalue weighted by Gasteiger charge is 2.37. The Bertz CT molecular complexity index is 3200. The SMILES string of the molecule is CCN(CC)c1ccc2cc(C(=O)NCCNC(=O)CCCCc3ccc4c5c(c(-c6ccccc6)cc4c3)OP(=O)(O)Oc3c(-c4ccccc4)cc4ccccc4c3-5)c(=O)oc2c1. The number of anilines is 1. The topological polar surface area (TPSA) is 147 Å². The van der Waals surface area contributed by atoms with Gasteiger partial charge in [0.1, 0.15) is 22.6 Å². The number of nitrogens with zero attached hydrogens (tertiary/aromatic N) is 1. The second kappa shape index (κ2) is 18.5. The van der Waals surface area contributed by atoms with E-state index in [0.29, 0.717) is 52.5 Å². The second-order valence-electron chi connectivity index (χ2n) is 16.1. The summed E-state index contributed by atoms with van der Waals surface area (Å²) in [6.45, 7) is 6.09. The Hall–Kier alpha value is -7.20. The fraction of sp³-hybridized carbons (Fsp3) is 0.189. The molecular weight excluding hydrogens is 838 g/mol. The summed E-state index contributed by atoms with van der Waals surface area (Å²) in [7, 11) is -4.69. The number of phosphoric acid groups is 1. The van der Waals surface area contributed by atoms with Crippen LogP contribution in [0, 0.1) is 0 Å². The minimum absolute atomic E-state index is 0.0892. The quantitative estimate of drug-likeness (QED) is 0.0551. The van der Waals surface area contributed by atoms with E-state index >= 15 is 0 Å². The monoisotopic (exact) mass is 885 g/mol. The molecule has 0 bridgehead atoms. The van der Waals surface area contributed by atoms with Crippen LogP contribution in [0.3, 0.4) is 0 Å². The molecule has 9 rings (SSSR count). The lowest BCUT2D eigenvalue weighted by Gasteiger charge is -2.21. The number of unbranched alkanes of at least 4 members (excludes halogenated alkanes) is 1. The molecule has 8 aromatic rings. The number of amides is 2. The van der Waals surface area contributed by atoms with Gasteiger partial charge in [-0.3, -0.25) is 14.5 Å². The van der Waals surface area contributed by atoms with E-state index in [4.69, 9.17) is 13.5 Å². The summed E-state index contributed by atoms with van der Waals surface area (Å²) in [5.74, 6) is -0.149. The van der Waals surface area contributed by atoms with Gasteiger partial charge in [-0.05, 0) is 102 Å². The predicted molar refractivity (Wildman–Crippen MR) is 258 cm³/mol. The molecule has 11 nitrogen and oxygen atoms in total. The number of nitrogens with one attached hydrogen (secondary N) is 2. The molecule has 0 spiro atoms. The van der Waals surface area contributed by atoms with Crippen LogP contribution in [0.25, 0.3) is 65.9 Å². The standard InChI is InChI=1S/C53H48N3O8P/c1-3-56(4-2)40-25-24-38-31-45(53(59)62-46(38)33-40)52(58)55-28-27-54-47(57)22-14-11-15-34-23-26-42-39(29-34)32-44(36-18-9-6-10-19-36)51-49(42)48-41-21-13-12-20-37(41)30-43(35-16-7-5-8-17-35)50(48)63-65(60,61)64-51/h5-10,12-13,16-21,23-26,29-33H,3-4,11,14-15,22,27-28H2,1-2H3,(H,54,57)(H,55,58)(H,60,61). The van der Waals surface area contributed by atoms with Crippen LogP contribution in [0.5, 0.6) is 11.5 Å². The van der Waals surface area contributed by atoms with Gasteiger partial charge in [-0.25, -0.2) is 9.36 Å². The number of rotatable bonds is 14. The van der Waals surface area contributed by atoms with Crippen molar-refractivity contribution in [3.63, 3.8) is 0 Å². The Morgan fingerprint density at radius 2 is 1.26 bits per heavy atom. The third-order valence-electron chi connectivity index (χ3n) is 11.9. The largest absolute Gasteiger partial charge is 0.584 e. The molecule has 0 radical (unpaired) electrons. The third-order valence-corrected chi connectivity index (χ3v) is 12.8. The minimum atomic E-state index is -4.69. The van der Waals surface area contributed by atoms with E-state index in [1.165, 1.54) is 6.07 Å². The number of carbonyl (C=O) groups excluding carboxylic acids is 2. The number of carbonyl (C=O) groups is 2. The Kier molecular flexibility index (Phi) is 12.3. The van der Waals surface area contributed by atoms with Gasteiger partial charge in [0.15, 0.2) is 0 Å². The maximum Gasteiger partial charge on any atom is 0.584 e. The molecule has 65 heavy (non-hydrogen) atoms. The summed E-state index contributed by atoms with van der Waals surface area (Å²) in [4.78, 5) is 51.9. The number of hydrogen-bond donors (Lipinski definition) is 3. The molecule has 7 aromatic carbocycles. The van der Waals surface area contributed by atoms with Crippen molar-refractivity contribution in [2.75, 3.05) is 31.1 Å². The van der Waals surface area contributed by atoms with Gasteiger partial charge in [0.2, 0.25) is 5.91 Å². The summed E-state index contributed by atoms with van der Waals surface area (Å²) in [6, 6.07) is 44.7. The van der Waals surface area contributed by atoms with Gasteiger partial charge in [-0.15, -0.1) is 0 Å². The van der Waals surface area contributed by atoms with Crippen molar-refractivity contribution < 1.29 is 32.5 Å². The number of benzene rings is 7. The van der Waals surface area contributed by atoms with Gasteiger partial charge in [-0.1, -0.05) is 103 Å². The average Bonchev–Trinajstić information content (AvgIpc) is 3.45. The smallest absolute Gasteiger partial charge is 0.422 e. The van der Waals surface area contributed by atoms with E-state index in [2.05, 4.69) is 41.5 Å². The van der Waals surface area contributed by atoms with Gasteiger partial charge in [0.25, 0.3) is 5.91 Å². The molecule has 3 N–H and O–H groups in total. The first kappa shape index (κ1) is 43.1. The molecule has 328 valence electrons. The zero-order chi connectivity index (χ0) is 45.1. The van der Waals surface area contributed by atoms with Crippen molar-refractivity contribution in [2.24, 2.45) is 0 Å². The fourth-order valence-corrected chi connectivity index (χ4v) is 9.62. The second-order valence-corrected chi connectivity index (χ2v) is 17.4. The molecule has 1 atom stereocenters. The van der Waals surface area contributed by atoms with Crippen LogP contribution in [0.2, 0.25) is 0 Å². The Morgan fingerprint density at radius 1 is 0.646 bits per heavy atom. The third kappa shape index (κ3) is 8.98. The molecular formula is C53H48N3O8P. The van der Waals surface area contributed by atoms with Gasteiger partial charge >= 0.3 is 13.4 Å². The van der Waals surface area contributed by atoms with Gasteiger partial charge in [-0.2, -0.15) is 0 Å². The normalized spacial score (nSPS) is 14.2. The Labute approximate surface area is 376 Å². The van der Waals surface area contributed by atoms with Crippen LogP contribution in [-0.2, 0) is 15.8 Å². The van der Waals surface area contributed by atoms with E-state index < -0.39 is 19.4 Å². The molecule has 0 saturated heterocycles. The molecule has 1 aromatic heterocycles. The maximum absolute atomic E-state index is 14.0. The Balaban J connectivity index is 0.908. The number of hydrogen-bond acceptors (Lipinski definition) is 8.